The third-order valence-electron chi connectivity index (χ3n) is 2.76. The number of hydrogen-bond acceptors (Lipinski definition) is 3. The fraction of sp³-hybridized carbons (Fsp3) is 0. The van der Waals surface area contributed by atoms with Gasteiger partial charge in [-0.15, -0.1) is 0 Å². The van der Waals surface area contributed by atoms with E-state index in [2.05, 4.69) is 47.4 Å². The third-order valence-corrected chi connectivity index (χ3v) is 3.84. The molecule has 3 heteroatoms. The van der Waals surface area contributed by atoms with Gasteiger partial charge in [0.05, 0.1) is 11.9 Å². The van der Waals surface area contributed by atoms with E-state index in [0.29, 0.717) is 0 Å². The van der Waals surface area contributed by atoms with Crippen LogP contribution in [0.5, 0.6) is 0 Å². The van der Waals surface area contributed by atoms with E-state index in [4.69, 9.17) is 5.73 Å². The van der Waals surface area contributed by atoms with Crippen molar-refractivity contribution in [2.75, 3.05) is 5.73 Å². The molecule has 1 heterocycles. The molecule has 2 aromatic carbocycles. The number of rotatable bonds is 2. The van der Waals surface area contributed by atoms with Crippen LogP contribution >= 0.6 is 11.8 Å². The van der Waals surface area contributed by atoms with Gasteiger partial charge in [-0.05, 0) is 29.0 Å². The molecule has 0 unspecified atom stereocenters. The molecule has 18 heavy (non-hydrogen) atoms. The van der Waals surface area contributed by atoms with E-state index in [1.165, 1.54) is 15.7 Å². The minimum absolute atomic E-state index is 0.718. The third kappa shape index (κ3) is 2.17. The van der Waals surface area contributed by atoms with Gasteiger partial charge in [-0.3, -0.25) is 4.98 Å². The van der Waals surface area contributed by atoms with Crippen molar-refractivity contribution < 1.29 is 0 Å². The first-order valence-electron chi connectivity index (χ1n) is 5.69. The predicted octanol–water partition coefficient (Wildman–Crippen LogP) is 3.97. The molecule has 2 nitrogen and oxygen atoms in total. The van der Waals surface area contributed by atoms with Crippen LogP contribution in [0, 0.1) is 0 Å². The number of nitrogens with zero attached hydrogens (tertiary/aromatic N) is 1. The second kappa shape index (κ2) is 4.70. The maximum Gasteiger partial charge on any atom is 0.0642 e. The molecule has 0 saturated carbocycles. The van der Waals surface area contributed by atoms with Crippen LogP contribution in [0.4, 0.5) is 5.69 Å². The average molecular weight is 252 g/mol. The number of hydrogen-bond donors (Lipinski definition) is 1. The SMILES string of the molecule is Nc1cnccc1Sc1ccc2ccccc2c1. The van der Waals surface area contributed by atoms with E-state index in [-0.39, 0.29) is 0 Å². The molecule has 1 aromatic heterocycles. The van der Waals surface area contributed by atoms with Gasteiger partial charge >= 0.3 is 0 Å². The zero-order valence-electron chi connectivity index (χ0n) is 9.71. The number of benzene rings is 2. The number of pyridine rings is 1. The van der Waals surface area contributed by atoms with Gasteiger partial charge in [-0.25, -0.2) is 0 Å². The van der Waals surface area contributed by atoms with Crippen molar-refractivity contribution in [3.05, 3.63) is 60.9 Å². The number of aromatic nitrogens is 1. The summed E-state index contributed by atoms with van der Waals surface area (Å²) in [6.45, 7) is 0. The summed E-state index contributed by atoms with van der Waals surface area (Å²) in [4.78, 5) is 6.23. The zero-order chi connectivity index (χ0) is 12.4. The van der Waals surface area contributed by atoms with Crippen LogP contribution in [0.3, 0.4) is 0 Å². The molecule has 0 bridgehead atoms. The normalized spacial score (nSPS) is 10.7. The van der Waals surface area contributed by atoms with Crippen LogP contribution in [-0.2, 0) is 0 Å². The van der Waals surface area contributed by atoms with Gasteiger partial charge in [-0.2, -0.15) is 0 Å². The van der Waals surface area contributed by atoms with Crippen LogP contribution < -0.4 is 5.73 Å². The molecule has 0 fully saturated rings. The minimum atomic E-state index is 0.718. The summed E-state index contributed by atoms with van der Waals surface area (Å²) in [5, 5.41) is 2.50. The van der Waals surface area contributed by atoms with Gasteiger partial charge < -0.3 is 5.73 Å². The lowest BCUT2D eigenvalue weighted by molar-refractivity contribution is 1.27. The highest BCUT2D eigenvalue weighted by Crippen LogP contribution is 2.32. The zero-order valence-corrected chi connectivity index (χ0v) is 10.5. The second-order valence-corrected chi connectivity index (χ2v) is 5.14. The fourth-order valence-corrected chi connectivity index (χ4v) is 2.72. The van der Waals surface area contributed by atoms with E-state index >= 15 is 0 Å². The van der Waals surface area contributed by atoms with E-state index in [1.807, 2.05) is 6.07 Å². The highest BCUT2D eigenvalue weighted by Gasteiger charge is 2.02. The van der Waals surface area contributed by atoms with Gasteiger partial charge in [0.25, 0.3) is 0 Å². The van der Waals surface area contributed by atoms with Crippen molar-refractivity contribution in [3.8, 4) is 0 Å². The fourth-order valence-electron chi connectivity index (χ4n) is 1.84. The molecule has 0 radical (unpaired) electrons. The lowest BCUT2D eigenvalue weighted by Gasteiger charge is -2.05. The molecule has 0 amide bonds. The molecular formula is C15H12N2S. The van der Waals surface area contributed by atoms with Crippen molar-refractivity contribution in [2.24, 2.45) is 0 Å². The number of anilines is 1. The Hall–Kier alpha value is -2.00. The molecular weight excluding hydrogens is 240 g/mol. The van der Waals surface area contributed by atoms with Crippen molar-refractivity contribution >= 4 is 28.2 Å². The topological polar surface area (TPSA) is 38.9 Å². The van der Waals surface area contributed by atoms with Gasteiger partial charge in [0, 0.05) is 16.0 Å². The Bertz CT molecular complexity index is 695. The first-order chi connectivity index (χ1) is 8.83. The smallest absolute Gasteiger partial charge is 0.0642 e. The Morgan fingerprint density at radius 2 is 1.78 bits per heavy atom. The number of fused-ring (bicyclic) bond motifs is 1. The van der Waals surface area contributed by atoms with Crippen LogP contribution in [0.25, 0.3) is 10.8 Å². The molecule has 88 valence electrons. The van der Waals surface area contributed by atoms with Crippen molar-refractivity contribution in [2.45, 2.75) is 9.79 Å². The summed E-state index contributed by atoms with van der Waals surface area (Å²) in [7, 11) is 0. The number of nitrogen functional groups attached to an aromatic ring is 1. The largest absolute Gasteiger partial charge is 0.397 e. The van der Waals surface area contributed by atoms with E-state index in [9.17, 15) is 0 Å². The van der Waals surface area contributed by atoms with E-state index in [1.54, 1.807) is 24.2 Å². The molecule has 0 atom stereocenters. The van der Waals surface area contributed by atoms with Gasteiger partial charge in [0.15, 0.2) is 0 Å². The first kappa shape index (κ1) is 11.1. The number of nitrogens with two attached hydrogens (primary N) is 1. The van der Waals surface area contributed by atoms with Crippen molar-refractivity contribution in [1.82, 2.24) is 4.98 Å². The van der Waals surface area contributed by atoms with Crippen LogP contribution in [0.1, 0.15) is 0 Å². The molecule has 3 rings (SSSR count). The van der Waals surface area contributed by atoms with Crippen LogP contribution in [0.2, 0.25) is 0 Å². The Balaban J connectivity index is 1.98. The maximum absolute atomic E-state index is 5.90. The van der Waals surface area contributed by atoms with Gasteiger partial charge in [0.2, 0.25) is 0 Å². The molecule has 3 aromatic rings. The summed E-state index contributed by atoms with van der Waals surface area (Å²) >= 11 is 1.66. The van der Waals surface area contributed by atoms with E-state index in [0.717, 1.165) is 10.6 Å². The first-order valence-corrected chi connectivity index (χ1v) is 6.51. The monoisotopic (exact) mass is 252 g/mol. The van der Waals surface area contributed by atoms with Crippen molar-refractivity contribution in [1.29, 1.82) is 0 Å². The van der Waals surface area contributed by atoms with Gasteiger partial charge in [-0.1, -0.05) is 42.1 Å². The maximum atomic E-state index is 5.90. The highest BCUT2D eigenvalue weighted by molar-refractivity contribution is 7.99. The molecule has 0 saturated heterocycles. The lowest BCUT2D eigenvalue weighted by atomic mass is 10.1. The summed E-state index contributed by atoms with van der Waals surface area (Å²) in [5.74, 6) is 0. The summed E-state index contributed by atoms with van der Waals surface area (Å²) in [6, 6.07) is 16.7. The summed E-state index contributed by atoms with van der Waals surface area (Å²) < 4.78 is 0. The highest BCUT2D eigenvalue weighted by atomic mass is 32.2. The minimum Gasteiger partial charge on any atom is -0.397 e. The Morgan fingerprint density at radius 3 is 2.61 bits per heavy atom. The Kier molecular flexibility index (Phi) is 2.90. The molecule has 0 aliphatic carbocycles. The average Bonchev–Trinajstić information content (AvgIpc) is 2.41. The molecule has 0 spiro atoms. The molecule has 0 aliphatic rings. The molecule has 0 aliphatic heterocycles. The second-order valence-electron chi connectivity index (χ2n) is 4.02. The Labute approximate surface area is 110 Å². The van der Waals surface area contributed by atoms with Gasteiger partial charge in [0.1, 0.15) is 0 Å². The summed E-state index contributed by atoms with van der Waals surface area (Å²) in [5.41, 5.74) is 6.62. The van der Waals surface area contributed by atoms with Crippen molar-refractivity contribution in [3.63, 3.8) is 0 Å². The van der Waals surface area contributed by atoms with E-state index < -0.39 is 0 Å². The standard InChI is InChI=1S/C15H12N2S/c16-14-10-17-8-7-15(14)18-13-6-5-11-3-1-2-4-12(11)9-13/h1-10H,16H2. The van der Waals surface area contributed by atoms with Crippen LogP contribution in [-0.4, -0.2) is 4.98 Å². The lowest BCUT2D eigenvalue weighted by Crippen LogP contribution is -1.88. The predicted molar refractivity (Wildman–Crippen MR) is 76.7 cm³/mol. The quantitative estimate of drug-likeness (QED) is 0.750. The summed E-state index contributed by atoms with van der Waals surface area (Å²) in [6.07, 6.45) is 3.45. The Morgan fingerprint density at radius 1 is 0.944 bits per heavy atom. The van der Waals surface area contributed by atoms with Crippen LogP contribution in [0.15, 0.2) is 70.7 Å². The molecule has 2 N–H and O–H groups in total.